The van der Waals surface area contributed by atoms with E-state index in [1.54, 1.807) is 36.4 Å². The van der Waals surface area contributed by atoms with Crippen LogP contribution in [-0.2, 0) is 16.1 Å². The molecule has 140 valence electrons. The maximum Gasteiger partial charge on any atom is 0.420 e. The van der Waals surface area contributed by atoms with Gasteiger partial charge in [0.25, 0.3) is 0 Å². The van der Waals surface area contributed by atoms with Crippen molar-refractivity contribution in [1.29, 1.82) is 0 Å². The number of nitrogens with zero attached hydrogens (tertiary/aromatic N) is 1. The van der Waals surface area contributed by atoms with Crippen molar-refractivity contribution >= 4 is 40.3 Å². The number of anilines is 1. The summed E-state index contributed by atoms with van der Waals surface area (Å²) in [6, 6.07) is 11.1. The number of carbonyl (C=O) groups is 2. The number of benzene rings is 2. The smallest absolute Gasteiger partial charge is 0.420 e. The lowest BCUT2D eigenvalue weighted by atomic mass is 10.2. The Morgan fingerprint density at radius 1 is 1.19 bits per heavy atom. The van der Waals surface area contributed by atoms with Gasteiger partial charge in [0.15, 0.2) is 5.58 Å². The first-order valence-corrected chi connectivity index (χ1v) is 8.71. The van der Waals surface area contributed by atoms with Crippen LogP contribution in [0.1, 0.15) is 23.7 Å². The third-order valence-corrected chi connectivity index (χ3v) is 4.01. The first-order valence-electron chi connectivity index (χ1n) is 8.34. The number of hydrogen-bond acceptors (Lipinski definition) is 5. The van der Waals surface area contributed by atoms with Crippen LogP contribution in [0, 0.1) is 0 Å². The summed E-state index contributed by atoms with van der Waals surface area (Å²) in [4.78, 5) is 36.0. The van der Waals surface area contributed by atoms with Crippen LogP contribution in [0.15, 0.2) is 51.7 Å². The van der Waals surface area contributed by atoms with Gasteiger partial charge >= 0.3 is 11.7 Å². The molecule has 7 nitrogen and oxygen atoms in total. The number of aromatic nitrogens is 1. The summed E-state index contributed by atoms with van der Waals surface area (Å²) in [5.41, 5.74) is 1.69. The van der Waals surface area contributed by atoms with Crippen LogP contribution < -0.4 is 11.1 Å². The average Bonchev–Trinajstić information content (AvgIpc) is 2.94. The predicted octanol–water partition coefficient (Wildman–Crippen LogP) is 3.45. The summed E-state index contributed by atoms with van der Waals surface area (Å²) >= 11 is 5.87. The molecule has 3 aromatic rings. The van der Waals surface area contributed by atoms with E-state index in [-0.39, 0.29) is 6.54 Å². The van der Waals surface area contributed by atoms with Crippen LogP contribution in [0.4, 0.5) is 5.69 Å². The minimum Gasteiger partial charge on any atom is -0.462 e. The zero-order chi connectivity index (χ0) is 19.4. The fourth-order valence-corrected chi connectivity index (χ4v) is 2.66. The summed E-state index contributed by atoms with van der Waals surface area (Å²) < 4.78 is 11.4. The Kier molecular flexibility index (Phi) is 5.61. The quantitative estimate of drug-likeness (QED) is 0.653. The number of oxazole rings is 1. The highest BCUT2D eigenvalue weighted by molar-refractivity contribution is 6.31. The van der Waals surface area contributed by atoms with Gasteiger partial charge in [0.2, 0.25) is 5.91 Å². The second kappa shape index (κ2) is 8.09. The van der Waals surface area contributed by atoms with E-state index in [1.807, 2.05) is 6.92 Å². The van der Waals surface area contributed by atoms with Crippen molar-refractivity contribution in [2.24, 2.45) is 0 Å². The first-order chi connectivity index (χ1) is 13.0. The fourth-order valence-electron chi connectivity index (χ4n) is 2.50. The average molecular weight is 389 g/mol. The Morgan fingerprint density at radius 2 is 1.93 bits per heavy atom. The molecule has 3 rings (SSSR count). The molecule has 1 N–H and O–H groups in total. The van der Waals surface area contributed by atoms with Gasteiger partial charge in [-0.15, -0.1) is 0 Å². The van der Waals surface area contributed by atoms with Crippen molar-refractivity contribution in [2.45, 2.75) is 19.9 Å². The number of ether oxygens (including phenoxy) is 1. The second-order valence-corrected chi connectivity index (χ2v) is 6.26. The molecule has 0 spiro atoms. The number of carbonyl (C=O) groups excluding carboxylic acids is 2. The highest BCUT2D eigenvalue weighted by Crippen LogP contribution is 2.18. The van der Waals surface area contributed by atoms with Crippen molar-refractivity contribution in [2.75, 3.05) is 11.9 Å². The standard InChI is InChI=1S/C19H17ClN2O5/c1-2-9-26-18(24)12-3-6-14(7-4-12)21-17(23)11-22-15-8-5-13(20)10-16(15)27-19(22)25/h3-8,10H,2,9,11H2,1H3,(H,21,23). The minimum atomic E-state index is -0.642. The largest absolute Gasteiger partial charge is 0.462 e. The Balaban J connectivity index is 1.69. The third-order valence-electron chi connectivity index (χ3n) is 3.77. The molecule has 27 heavy (non-hydrogen) atoms. The van der Waals surface area contributed by atoms with Gasteiger partial charge in [-0.1, -0.05) is 18.5 Å². The number of nitrogens with one attached hydrogen (secondary N) is 1. The van der Waals surface area contributed by atoms with E-state index in [4.69, 9.17) is 20.8 Å². The van der Waals surface area contributed by atoms with Crippen molar-refractivity contribution < 1.29 is 18.7 Å². The van der Waals surface area contributed by atoms with Gasteiger partial charge in [0.1, 0.15) is 6.54 Å². The summed E-state index contributed by atoms with van der Waals surface area (Å²) in [5.74, 6) is -1.46. The molecule has 1 heterocycles. The van der Waals surface area contributed by atoms with Gasteiger partial charge in [0.05, 0.1) is 17.7 Å². The summed E-state index contributed by atoms with van der Waals surface area (Å²) in [6.07, 6.45) is 0.744. The number of hydrogen-bond donors (Lipinski definition) is 1. The molecular formula is C19H17ClN2O5. The van der Waals surface area contributed by atoms with Crippen molar-refractivity contribution in [1.82, 2.24) is 4.57 Å². The van der Waals surface area contributed by atoms with Crippen LogP contribution >= 0.6 is 11.6 Å². The molecule has 2 aromatic carbocycles. The third kappa shape index (κ3) is 4.38. The lowest BCUT2D eigenvalue weighted by molar-refractivity contribution is -0.116. The van der Waals surface area contributed by atoms with Gasteiger partial charge in [-0.2, -0.15) is 0 Å². The van der Waals surface area contributed by atoms with Crippen LogP contribution in [0.5, 0.6) is 0 Å². The van der Waals surface area contributed by atoms with E-state index in [1.165, 1.54) is 10.6 Å². The SMILES string of the molecule is CCCOC(=O)c1ccc(NC(=O)Cn2c(=O)oc3cc(Cl)ccc32)cc1. The number of halogens is 1. The van der Waals surface area contributed by atoms with Crippen LogP contribution in [-0.4, -0.2) is 23.1 Å². The van der Waals surface area contributed by atoms with Crippen molar-refractivity contribution in [3.8, 4) is 0 Å². The highest BCUT2D eigenvalue weighted by atomic mass is 35.5. The number of rotatable bonds is 6. The highest BCUT2D eigenvalue weighted by Gasteiger charge is 2.14. The van der Waals surface area contributed by atoms with Crippen LogP contribution in [0.2, 0.25) is 5.02 Å². The molecule has 1 amide bonds. The van der Waals surface area contributed by atoms with Gasteiger partial charge in [-0.3, -0.25) is 9.36 Å². The fraction of sp³-hybridized carbons (Fsp3) is 0.211. The van der Waals surface area contributed by atoms with E-state index < -0.39 is 17.6 Å². The van der Waals surface area contributed by atoms with E-state index in [2.05, 4.69) is 5.32 Å². The van der Waals surface area contributed by atoms with Crippen LogP contribution in [0.3, 0.4) is 0 Å². The maximum absolute atomic E-state index is 12.3. The van der Waals surface area contributed by atoms with Crippen molar-refractivity contribution in [3.05, 3.63) is 63.6 Å². The molecule has 0 unspecified atom stereocenters. The monoisotopic (exact) mass is 388 g/mol. The van der Waals surface area contributed by atoms with Gasteiger partial charge in [-0.25, -0.2) is 9.59 Å². The van der Waals surface area contributed by atoms with E-state index in [0.717, 1.165) is 6.42 Å². The van der Waals surface area contributed by atoms with E-state index >= 15 is 0 Å². The lowest BCUT2D eigenvalue weighted by Crippen LogP contribution is -2.24. The zero-order valence-electron chi connectivity index (χ0n) is 14.5. The number of fused-ring (bicyclic) bond motifs is 1. The number of esters is 1. The number of amides is 1. The molecular weight excluding hydrogens is 372 g/mol. The molecule has 0 saturated heterocycles. The zero-order valence-corrected chi connectivity index (χ0v) is 15.3. The normalized spacial score (nSPS) is 10.7. The molecule has 0 aliphatic rings. The molecule has 1 aromatic heterocycles. The maximum atomic E-state index is 12.3. The minimum absolute atomic E-state index is 0.215. The first kappa shape index (κ1) is 18.7. The Labute approximate surface area is 159 Å². The van der Waals surface area contributed by atoms with Gasteiger partial charge in [0, 0.05) is 16.8 Å². The Morgan fingerprint density at radius 3 is 2.63 bits per heavy atom. The second-order valence-electron chi connectivity index (χ2n) is 5.83. The molecule has 0 aliphatic carbocycles. The predicted molar refractivity (Wildman–Crippen MR) is 101 cm³/mol. The van der Waals surface area contributed by atoms with Crippen molar-refractivity contribution in [3.63, 3.8) is 0 Å². The Bertz CT molecular complexity index is 1040. The summed E-state index contributed by atoms with van der Waals surface area (Å²) in [7, 11) is 0. The lowest BCUT2D eigenvalue weighted by Gasteiger charge is -2.07. The molecule has 0 aliphatic heterocycles. The molecule has 0 radical (unpaired) electrons. The summed E-state index contributed by atoms with van der Waals surface area (Å²) in [6.45, 7) is 2.05. The van der Waals surface area contributed by atoms with Crippen LogP contribution in [0.25, 0.3) is 11.1 Å². The molecule has 0 saturated carbocycles. The van der Waals surface area contributed by atoms with Gasteiger partial charge in [-0.05, 0) is 42.8 Å². The molecule has 0 atom stereocenters. The molecule has 0 fully saturated rings. The van der Waals surface area contributed by atoms with E-state index in [0.29, 0.717) is 34.0 Å². The Hall–Kier alpha value is -3.06. The summed E-state index contributed by atoms with van der Waals surface area (Å²) in [5, 5.41) is 3.11. The topological polar surface area (TPSA) is 90.5 Å². The van der Waals surface area contributed by atoms with Gasteiger partial charge < -0.3 is 14.5 Å². The van der Waals surface area contributed by atoms with E-state index in [9.17, 15) is 14.4 Å². The molecule has 8 heteroatoms. The molecule has 0 bridgehead atoms.